The Labute approximate surface area is 47.8 Å². The van der Waals surface area contributed by atoms with E-state index in [4.69, 9.17) is 5.11 Å². The molecule has 0 aliphatic carbocycles. The molecule has 0 bridgehead atoms. The molecule has 0 saturated carbocycles. The Morgan fingerprint density at radius 2 is 1.38 bits per heavy atom. The van der Waals surface area contributed by atoms with Crippen LogP contribution in [0, 0.1) is 0 Å². The molecule has 0 spiro atoms. The minimum absolute atomic E-state index is 1.00. The molecule has 46 valence electrons. The van der Waals surface area contributed by atoms with Crippen molar-refractivity contribution in [1.82, 2.24) is 0 Å². The number of aliphatic hydroxyl groups is 1. The summed E-state index contributed by atoms with van der Waals surface area (Å²) >= 11 is 0. The van der Waals surface area contributed by atoms with Gasteiger partial charge in [-0.15, -0.1) is 0 Å². The van der Waals surface area contributed by atoms with Crippen molar-refractivity contribution in [2.45, 2.75) is 0 Å². The maximum atomic E-state index is 7.00. The molecular formula is C5H8O3. The monoisotopic (exact) mass is 116 g/mol. The standard InChI is InChI=1S/C4H4O2.CH4O/c1-2-4-6-5-3-1;1-2/h1-4H;2H,1H3. The summed E-state index contributed by atoms with van der Waals surface area (Å²) in [5, 5.41) is 7.00. The molecular weight excluding hydrogens is 108 g/mol. The zero-order valence-corrected chi connectivity index (χ0v) is 4.57. The van der Waals surface area contributed by atoms with E-state index >= 15 is 0 Å². The molecule has 0 radical (unpaired) electrons. The quantitative estimate of drug-likeness (QED) is 0.470. The van der Waals surface area contributed by atoms with Crippen molar-refractivity contribution in [1.29, 1.82) is 0 Å². The molecule has 8 heavy (non-hydrogen) atoms. The van der Waals surface area contributed by atoms with Crippen LogP contribution in [0.25, 0.3) is 0 Å². The van der Waals surface area contributed by atoms with Gasteiger partial charge in [-0.05, 0) is 12.2 Å². The van der Waals surface area contributed by atoms with Crippen LogP contribution in [0.4, 0.5) is 0 Å². The second-order valence-corrected chi connectivity index (χ2v) is 0.850. The van der Waals surface area contributed by atoms with Crippen LogP contribution in [-0.2, 0) is 9.78 Å². The van der Waals surface area contributed by atoms with Gasteiger partial charge in [-0.25, -0.2) is 0 Å². The van der Waals surface area contributed by atoms with Gasteiger partial charge in [0.1, 0.15) is 12.5 Å². The molecule has 0 unspecified atom stereocenters. The molecule has 1 aliphatic heterocycles. The Kier molecular flexibility index (Phi) is 5.32. The van der Waals surface area contributed by atoms with Gasteiger partial charge in [-0.1, -0.05) is 0 Å². The molecule has 1 N–H and O–H groups in total. The van der Waals surface area contributed by atoms with E-state index in [0.29, 0.717) is 0 Å². The summed E-state index contributed by atoms with van der Waals surface area (Å²) in [6.07, 6.45) is 6.40. The van der Waals surface area contributed by atoms with Crippen LogP contribution in [0.5, 0.6) is 0 Å². The van der Waals surface area contributed by atoms with E-state index in [-0.39, 0.29) is 0 Å². The maximum Gasteiger partial charge on any atom is 0.142 e. The minimum atomic E-state index is 1.00. The van der Waals surface area contributed by atoms with Crippen LogP contribution >= 0.6 is 0 Å². The van der Waals surface area contributed by atoms with Crippen LogP contribution < -0.4 is 0 Å². The summed E-state index contributed by atoms with van der Waals surface area (Å²) in [7, 11) is 1.00. The average molecular weight is 116 g/mol. The first-order chi connectivity index (χ1) is 4.00. The maximum absolute atomic E-state index is 7.00. The smallest absolute Gasteiger partial charge is 0.142 e. The first-order valence-corrected chi connectivity index (χ1v) is 2.09. The largest absolute Gasteiger partial charge is 0.400 e. The molecule has 0 fully saturated rings. The van der Waals surface area contributed by atoms with E-state index in [1.807, 2.05) is 0 Å². The molecule has 0 aromatic carbocycles. The van der Waals surface area contributed by atoms with E-state index in [0.717, 1.165) is 7.11 Å². The van der Waals surface area contributed by atoms with Gasteiger partial charge in [-0.3, -0.25) is 9.78 Å². The highest BCUT2D eigenvalue weighted by molar-refractivity contribution is 4.97. The molecule has 0 amide bonds. The summed E-state index contributed by atoms with van der Waals surface area (Å²) in [6.45, 7) is 0. The fraction of sp³-hybridized carbons (Fsp3) is 0.200. The Morgan fingerprint density at radius 3 is 1.50 bits per heavy atom. The van der Waals surface area contributed by atoms with Crippen molar-refractivity contribution in [3.05, 3.63) is 24.7 Å². The number of hydrogen-bond acceptors (Lipinski definition) is 3. The number of allylic oxidation sites excluding steroid dienone is 2. The molecule has 0 saturated heterocycles. The van der Waals surface area contributed by atoms with Crippen LogP contribution in [0.15, 0.2) is 24.7 Å². The van der Waals surface area contributed by atoms with Crippen molar-refractivity contribution in [2.75, 3.05) is 7.11 Å². The lowest BCUT2D eigenvalue weighted by molar-refractivity contribution is -0.198. The summed E-state index contributed by atoms with van der Waals surface area (Å²) in [5.41, 5.74) is 0. The zero-order chi connectivity index (χ0) is 6.24. The molecule has 1 rings (SSSR count). The lowest BCUT2D eigenvalue weighted by Gasteiger charge is -1.94. The fourth-order valence-electron chi connectivity index (χ4n) is 0.219. The van der Waals surface area contributed by atoms with Gasteiger partial charge in [-0.2, -0.15) is 0 Å². The van der Waals surface area contributed by atoms with E-state index in [9.17, 15) is 0 Å². The van der Waals surface area contributed by atoms with Gasteiger partial charge in [0.25, 0.3) is 0 Å². The Bertz CT molecular complexity index is 73.7. The number of hydrogen-bond donors (Lipinski definition) is 1. The summed E-state index contributed by atoms with van der Waals surface area (Å²) in [6, 6.07) is 0. The highest BCUT2D eigenvalue weighted by Gasteiger charge is 1.75. The molecule has 0 aromatic rings. The summed E-state index contributed by atoms with van der Waals surface area (Å²) in [4.78, 5) is 8.60. The second-order valence-electron chi connectivity index (χ2n) is 0.850. The van der Waals surface area contributed by atoms with Crippen molar-refractivity contribution in [3.8, 4) is 0 Å². The van der Waals surface area contributed by atoms with Crippen LogP contribution in [0.1, 0.15) is 0 Å². The van der Waals surface area contributed by atoms with Gasteiger partial charge >= 0.3 is 0 Å². The first kappa shape index (κ1) is 7.04. The Hall–Kier alpha value is -0.960. The third-order valence-corrected chi connectivity index (χ3v) is 0.435. The van der Waals surface area contributed by atoms with E-state index in [1.54, 1.807) is 12.2 Å². The topological polar surface area (TPSA) is 38.7 Å². The van der Waals surface area contributed by atoms with Crippen molar-refractivity contribution < 1.29 is 14.9 Å². The SMILES string of the molecule is C1=COOC=C1.CO. The number of aliphatic hydroxyl groups excluding tert-OH is 1. The van der Waals surface area contributed by atoms with Crippen molar-refractivity contribution >= 4 is 0 Å². The molecule has 1 heterocycles. The van der Waals surface area contributed by atoms with Gasteiger partial charge in [0.2, 0.25) is 0 Å². The third kappa shape index (κ3) is 3.24. The molecule has 3 nitrogen and oxygen atoms in total. The minimum Gasteiger partial charge on any atom is -0.400 e. The Morgan fingerprint density at radius 1 is 1.00 bits per heavy atom. The third-order valence-electron chi connectivity index (χ3n) is 0.435. The van der Waals surface area contributed by atoms with Crippen LogP contribution in [-0.4, -0.2) is 12.2 Å². The van der Waals surface area contributed by atoms with Crippen LogP contribution in [0.3, 0.4) is 0 Å². The highest BCUT2D eigenvalue weighted by atomic mass is 17.2. The van der Waals surface area contributed by atoms with E-state index in [2.05, 4.69) is 9.78 Å². The second kappa shape index (κ2) is 6.04. The predicted molar refractivity (Wildman–Crippen MR) is 28.6 cm³/mol. The van der Waals surface area contributed by atoms with Gasteiger partial charge in [0.15, 0.2) is 0 Å². The Balaban J connectivity index is 0.000000222. The van der Waals surface area contributed by atoms with Crippen molar-refractivity contribution in [3.63, 3.8) is 0 Å². The molecule has 0 atom stereocenters. The lowest BCUT2D eigenvalue weighted by Crippen LogP contribution is -1.78. The number of rotatable bonds is 0. The molecule has 1 aliphatic rings. The zero-order valence-electron chi connectivity index (χ0n) is 4.57. The first-order valence-electron chi connectivity index (χ1n) is 2.09. The summed E-state index contributed by atoms with van der Waals surface area (Å²) < 4.78 is 0. The normalized spacial score (nSPS) is 12.8. The van der Waals surface area contributed by atoms with E-state index in [1.165, 1.54) is 12.5 Å². The molecule has 0 aromatic heterocycles. The van der Waals surface area contributed by atoms with E-state index < -0.39 is 0 Å². The van der Waals surface area contributed by atoms with Gasteiger partial charge in [0, 0.05) is 7.11 Å². The highest BCUT2D eigenvalue weighted by Crippen LogP contribution is 1.89. The lowest BCUT2D eigenvalue weighted by atomic mass is 10.6. The predicted octanol–water partition coefficient (Wildman–Crippen LogP) is 0.584. The van der Waals surface area contributed by atoms with Crippen molar-refractivity contribution in [2.24, 2.45) is 0 Å². The van der Waals surface area contributed by atoms with Gasteiger partial charge < -0.3 is 5.11 Å². The van der Waals surface area contributed by atoms with Gasteiger partial charge in [0.05, 0.1) is 0 Å². The average Bonchev–Trinajstić information content (AvgIpc) is 1.96. The van der Waals surface area contributed by atoms with Crippen LogP contribution in [0.2, 0.25) is 0 Å². The summed E-state index contributed by atoms with van der Waals surface area (Å²) in [5.74, 6) is 0. The molecule has 3 heteroatoms. The fourth-order valence-corrected chi connectivity index (χ4v) is 0.219.